The van der Waals surface area contributed by atoms with Gasteiger partial charge in [-0.25, -0.2) is 4.79 Å². The van der Waals surface area contributed by atoms with Gasteiger partial charge in [-0.3, -0.25) is 9.59 Å². The molecular weight excluding hydrogens is 298 g/mol. The Morgan fingerprint density at radius 2 is 2.13 bits per heavy atom. The molecule has 0 unspecified atom stereocenters. The molecule has 1 N–H and O–H groups in total. The minimum atomic E-state index is -0.668. The number of hydrogen-bond acceptors (Lipinski definition) is 5. The Labute approximate surface area is 137 Å². The second-order valence-electron chi connectivity index (χ2n) is 6.21. The van der Waals surface area contributed by atoms with Gasteiger partial charge in [-0.05, 0) is 32.6 Å². The molecule has 0 radical (unpaired) electrons. The molecule has 23 heavy (non-hydrogen) atoms. The zero-order chi connectivity index (χ0) is 17.4. The average molecular weight is 325 g/mol. The zero-order valence-corrected chi connectivity index (χ0v) is 14.3. The molecule has 1 saturated heterocycles. The number of amides is 1. The Balaban J connectivity index is 2.64. The van der Waals surface area contributed by atoms with Gasteiger partial charge in [0.2, 0.25) is 6.41 Å². The summed E-state index contributed by atoms with van der Waals surface area (Å²) in [5.41, 5.74) is 0. The van der Waals surface area contributed by atoms with Crippen LogP contribution in [0, 0.1) is 11.8 Å². The standard InChI is InChI=1S/C17H27NO5/c1-5-6-7-8-13(9-14-12(4)16(20)23-14)22-17(21)15(11(2)3)18-10-19/h5-6,10-15H,7-9H2,1-4H3,(H,18,19)/b6-5+/t12-,13+,14-,15-/m0/s1. The smallest absolute Gasteiger partial charge is 0.329 e. The fourth-order valence-electron chi connectivity index (χ4n) is 2.47. The van der Waals surface area contributed by atoms with Crippen LogP contribution in [0.25, 0.3) is 0 Å². The van der Waals surface area contributed by atoms with Crippen LogP contribution in [-0.2, 0) is 23.9 Å². The molecule has 1 fully saturated rings. The van der Waals surface area contributed by atoms with Gasteiger partial charge < -0.3 is 14.8 Å². The van der Waals surface area contributed by atoms with Crippen molar-refractivity contribution in [3.05, 3.63) is 12.2 Å². The first-order chi connectivity index (χ1) is 10.9. The summed E-state index contributed by atoms with van der Waals surface area (Å²) in [6.45, 7) is 7.42. The molecule has 4 atom stereocenters. The summed E-state index contributed by atoms with van der Waals surface area (Å²) in [4.78, 5) is 34.1. The monoisotopic (exact) mass is 325 g/mol. The Hall–Kier alpha value is -1.85. The Morgan fingerprint density at radius 3 is 2.61 bits per heavy atom. The summed E-state index contributed by atoms with van der Waals surface area (Å²) < 4.78 is 10.7. The number of cyclic esters (lactones) is 1. The van der Waals surface area contributed by atoms with E-state index in [0.29, 0.717) is 19.3 Å². The van der Waals surface area contributed by atoms with E-state index in [9.17, 15) is 14.4 Å². The second-order valence-corrected chi connectivity index (χ2v) is 6.21. The van der Waals surface area contributed by atoms with E-state index in [0.717, 1.165) is 6.42 Å². The fraction of sp³-hybridized carbons (Fsp3) is 0.706. The van der Waals surface area contributed by atoms with E-state index in [-0.39, 0.29) is 30.0 Å². The lowest BCUT2D eigenvalue weighted by Gasteiger charge is -2.35. The number of allylic oxidation sites excluding steroid dienone is 2. The topological polar surface area (TPSA) is 81.7 Å². The van der Waals surface area contributed by atoms with E-state index in [1.54, 1.807) is 0 Å². The summed E-state index contributed by atoms with van der Waals surface area (Å²) >= 11 is 0. The maximum Gasteiger partial charge on any atom is 0.329 e. The van der Waals surface area contributed by atoms with E-state index < -0.39 is 12.0 Å². The van der Waals surface area contributed by atoms with Gasteiger partial charge in [0.15, 0.2) is 0 Å². The Bertz CT molecular complexity index is 446. The fourth-order valence-corrected chi connectivity index (χ4v) is 2.47. The van der Waals surface area contributed by atoms with Gasteiger partial charge in [-0.1, -0.05) is 26.0 Å². The molecule has 0 spiro atoms. The maximum atomic E-state index is 12.3. The van der Waals surface area contributed by atoms with Crippen molar-refractivity contribution in [2.75, 3.05) is 0 Å². The molecule has 1 aliphatic heterocycles. The number of ether oxygens (including phenoxy) is 2. The van der Waals surface area contributed by atoms with Crippen LogP contribution in [0.3, 0.4) is 0 Å². The Morgan fingerprint density at radius 1 is 1.43 bits per heavy atom. The number of esters is 2. The van der Waals surface area contributed by atoms with Gasteiger partial charge in [0.05, 0.1) is 5.92 Å². The summed E-state index contributed by atoms with van der Waals surface area (Å²) in [5, 5.41) is 2.50. The van der Waals surface area contributed by atoms with Gasteiger partial charge in [0.1, 0.15) is 18.2 Å². The summed E-state index contributed by atoms with van der Waals surface area (Å²) in [5.74, 6) is -0.886. The lowest BCUT2D eigenvalue weighted by Crippen LogP contribution is -2.47. The van der Waals surface area contributed by atoms with Gasteiger partial charge in [-0.15, -0.1) is 0 Å². The predicted octanol–water partition coefficient (Wildman–Crippen LogP) is 1.98. The van der Waals surface area contributed by atoms with Crippen molar-refractivity contribution in [1.29, 1.82) is 0 Å². The summed E-state index contributed by atoms with van der Waals surface area (Å²) in [6, 6.07) is -0.668. The minimum absolute atomic E-state index is 0.0654. The zero-order valence-electron chi connectivity index (χ0n) is 14.3. The Kier molecular flexibility index (Phi) is 7.78. The van der Waals surface area contributed by atoms with Gasteiger partial charge in [-0.2, -0.15) is 0 Å². The van der Waals surface area contributed by atoms with Crippen LogP contribution in [0.2, 0.25) is 0 Å². The number of nitrogens with one attached hydrogen (secondary N) is 1. The molecule has 6 nitrogen and oxygen atoms in total. The molecule has 1 heterocycles. The quantitative estimate of drug-likeness (QED) is 0.377. The number of carbonyl (C=O) groups is 3. The van der Waals surface area contributed by atoms with E-state index >= 15 is 0 Å². The maximum absolute atomic E-state index is 12.3. The average Bonchev–Trinajstić information content (AvgIpc) is 2.51. The SMILES string of the molecule is C/C=C/CC[C@H](C[C@@H]1OC(=O)[C@H]1C)OC(=O)[C@@H](NC=O)C(C)C. The van der Waals surface area contributed by atoms with Crippen molar-refractivity contribution >= 4 is 18.3 Å². The molecule has 6 heteroatoms. The van der Waals surface area contributed by atoms with Crippen molar-refractivity contribution < 1.29 is 23.9 Å². The van der Waals surface area contributed by atoms with E-state index in [1.165, 1.54) is 0 Å². The third-order valence-corrected chi connectivity index (χ3v) is 4.03. The van der Waals surface area contributed by atoms with Crippen LogP contribution < -0.4 is 5.32 Å². The van der Waals surface area contributed by atoms with Gasteiger partial charge in [0, 0.05) is 6.42 Å². The van der Waals surface area contributed by atoms with Crippen LogP contribution in [0.1, 0.15) is 47.0 Å². The van der Waals surface area contributed by atoms with Crippen molar-refractivity contribution in [2.24, 2.45) is 11.8 Å². The molecule has 0 aliphatic carbocycles. The van der Waals surface area contributed by atoms with Crippen LogP contribution in [-0.4, -0.2) is 36.6 Å². The first kappa shape index (κ1) is 19.2. The highest BCUT2D eigenvalue weighted by atomic mass is 16.6. The van der Waals surface area contributed by atoms with E-state index in [1.807, 2.05) is 39.8 Å². The van der Waals surface area contributed by atoms with E-state index in [4.69, 9.17) is 9.47 Å². The largest absolute Gasteiger partial charge is 0.461 e. The molecule has 1 aliphatic rings. The van der Waals surface area contributed by atoms with Crippen molar-refractivity contribution in [3.8, 4) is 0 Å². The third kappa shape index (κ3) is 5.69. The van der Waals surface area contributed by atoms with Crippen molar-refractivity contribution in [3.63, 3.8) is 0 Å². The van der Waals surface area contributed by atoms with Crippen molar-refractivity contribution in [1.82, 2.24) is 5.32 Å². The predicted molar refractivity (Wildman–Crippen MR) is 85.4 cm³/mol. The highest BCUT2D eigenvalue weighted by Crippen LogP contribution is 2.28. The van der Waals surface area contributed by atoms with Gasteiger partial charge >= 0.3 is 11.9 Å². The summed E-state index contributed by atoms with van der Waals surface area (Å²) in [6.07, 6.45) is 5.82. The van der Waals surface area contributed by atoms with Crippen LogP contribution in [0.4, 0.5) is 0 Å². The molecule has 130 valence electrons. The molecule has 1 amide bonds. The molecule has 0 saturated carbocycles. The summed E-state index contributed by atoms with van der Waals surface area (Å²) in [7, 11) is 0. The molecular formula is C17H27NO5. The highest BCUT2D eigenvalue weighted by molar-refractivity contribution is 5.79. The minimum Gasteiger partial charge on any atom is -0.461 e. The number of carbonyl (C=O) groups excluding carboxylic acids is 3. The molecule has 0 aromatic rings. The normalized spacial score (nSPS) is 23.1. The molecule has 0 bridgehead atoms. The highest BCUT2D eigenvalue weighted by Gasteiger charge is 2.40. The molecule has 0 aromatic heterocycles. The lowest BCUT2D eigenvalue weighted by atomic mass is 9.92. The first-order valence-corrected chi connectivity index (χ1v) is 8.12. The number of hydrogen-bond donors (Lipinski definition) is 1. The van der Waals surface area contributed by atoms with Crippen molar-refractivity contribution in [2.45, 2.75) is 65.2 Å². The van der Waals surface area contributed by atoms with E-state index in [2.05, 4.69) is 5.32 Å². The second kappa shape index (κ2) is 9.33. The first-order valence-electron chi connectivity index (χ1n) is 8.12. The van der Waals surface area contributed by atoms with Crippen LogP contribution in [0.15, 0.2) is 12.2 Å². The third-order valence-electron chi connectivity index (χ3n) is 4.03. The lowest BCUT2D eigenvalue weighted by molar-refractivity contribution is -0.187. The van der Waals surface area contributed by atoms with Gasteiger partial charge in [0.25, 0.3) is 0 Å². The van der Waals surface area contributed by atoms with Crippen LogP contribution >= 0.6 is 0 Å². The number of rotatable bonds is 10. The molecule has 0 aromatic carbocycles. The van der Waals surface area contributed by atoms with Crippen LogP contribution in [0.5, 0.6) is 0 Å². The molecule has 1 rings (SSSR count).